The first-order valence-corrected chi connectivity index (χ1v) is 20.9. The third kappa shape index (κ3) is 5.35. The van der Waals surface area contributed by atoms with E-state index in [2.05, 4.69) is 212 Å². The summed E-state index contributed by atoms with van der Waals surface area (Å²) < 4.78 is 0. The zero-order valence-corrected chi connectivity index (χ0v) is 34.8. The average molecular weight is 740 g/mol. The topological polar surface area (TPSA) is 3.24 Å². The summed E-state index contributed by atoms with van der Waals surface area (Å²) in [6.45, 7) is 19.4. The van der Waals surface area contributed by atoms with Crippen LogP contribution in [0, 0.1) is 0 Å². The molecule has 10 rings (SSSR count). The van der Waals surface area contributed by atoms with Crippen molar-refractivity contribution in [2.75, 3.05) is 4.90 Å². The average Bonchev–Trinajstić information content (AvgIpc) is 3.59. The van der Waals surface area contributed by atoms with E-state index in [0.29, 0.717) is 0 Å². The van der Waals surface area contributed by atoms with Crippen LogP contribution in [0.5, 0.6) is 0 Å². The largest absolute Gasteiger partial charge is 0.310 e. The van der Waals surface area contributed by atoms with Gasteiger partial charge in [-0.3, -0.25) is 0 Å². The van der Waals surface area contributed by atoms with Crippen LogP contribution in [0.25, 0.3) is 44.5 Å². The molecule has 0 unspecified atom stereocenters. The van der Waals surface area contributed by atoms with Gasteiger partial charge >= 0.3 is 0 Å². The zero-order valence-electron chi connectivity index (χ0n) is 34.8. The molecule has 0 N–H and O–H groups in total. The lowest BCUT2D eigenvalue weighted by molar-refractivity contribution is 0.332. The minimum absolute atomic E-state index is 0.0555. The van der Waals surface area contributed by atoms with Gasteiger partial charge in [0.2, 0.25) is 0 Å². The molecule has 0 heterocycles. The fraction of sp³-hybridized carbons (Fsp3) is 0.250. The minimum atomic E-state index is -0.159. The van der Waals surface area contributed by atoms with Crippen LogP contribution < -0.4 is 4.90 Å². The molecule has 0 atom stereocenters. The van der Waals surface area contributed by atoms with Gasteiger partial charge in [0.05, 0.1) is 5.69 Å². The van der Waals surface area contributed by atoms with Gasteiger partial charge in [0.1, 0.15) is 0 Å². The highest BCUT2D eigenvalue weighted by Crippen LogP contribution is 2.57. The van der Waals surface area contributed by atoms with E-state index in [4.69, 9.17) is 0 Å². The molecule has 3 aliphatic rings. The molecule has 3 aliphatic carbocycles. The van der Waals surface area contributed by atoms with Crippen molar-refractivity contribution >= 4 is 17.1 Å². The van der Waals surface area contributed by atoms with E-state index in [1.807, 2.05) is 0 Å². The number of anilines is 3. The summed E-state index contributed by atoms with van der Waals surface area (Å²) >= 11 is 0. The first-order chi connectivity index (χ1) is 27.3. The van der Waals surface area contributed by atoms with E-state index >= 15 is 0 Å². The highest BCUT2D eigenvalue weighted by atomic mass is 15.1. The quantitative estimate of drug-likeness (QED) is 0.170. The van der Waals surface area contributed by atoms with Gasteiger partial charge < -0.3 is 4.90 Å². The second kappa shape index (κ2) is 12.4. The molecule has 0 radical (unpaired) electrons. The van der Waals surface area contributed by atoms with Crippen molar-refractivity contribution in [1.29, 1.82) is 0 Å². The normalized spacial score (nSPS) is 17.2. The molecule has 1 heteroatoms. The van der Waals surface area contributed by atoms with E-state index in [0.717, 1.165) is 5.69 Å². The van der Waals surface area contributed by atoms with Crippen molar-refractivity contribution in [3.8, 4) is 44.5 Å². The molecule has 282 valence electrons. The van der Waals surface area contributed by atoms with Gasteiger partial charge in [-0.2, -0.15) is 0 Å². The Hall–Kier alpha value is -5.66. The van der Waals surface area contributed by atoms with Crippen LogP contribution in [0.1, 0.15) is 102 Å². The number of hydrogen-bond donors (Lipinski definition) is 0. The molecular weight excluding hydrogens is 687 g/mol. The number of fused-ring (bicyclic) bond motifs is 7. The van der Waals surface area contributed by atoms with E-state index in [1.165, 1.54) is 102 Å². The summed E-state index contributed by atoms with van der Waals surface area (Å²) in [6.07, 6.45) is 2.34. The molecule has 0 spiro atoms. The molecule has 0 aromatic heterocycles. The van der Waals surface area contributed by atoms with E-state index in [-0.39, 0.29) is 21.7 Å². The van der Waals surface area contributed by atoms with Gasteiger partial charge in [-0.25, -0.2) is 0 Å². The van der Waals surface area contributed by atoms with Crippen LogP contribution in [-0.2, 0) is 21.7 Å². The Bertz CT molecular complexity index is 2730. The Balaban J connectivity index is 1.32. The molecule has 0 saturated carbocycles. The lowest BCUT2D eigenvalue weighted by Gasteiger charge is -2.42. The molecule has 0 saturated heterocycles. The van der Waals surface area contributed by atoms with Crippen LogP contribution in [0.2, 0.25) is 0 Å². The molecular formula is C56H53N. The summed E-state index contributed by atoms with van der Waals surface area (Å²) in [7, 11) is 0. The first kappa shape index (κ1) is 35.7. The number of para-hydroxylation sites is 1. The molecule has 7 aromatic carbocycles. The molecule has 0 aliphatic heterocycles. The Morgan fingerprint density at radius 2 is 0.825 bits per heavy atom. The predicted octanol–water partition coefficient (Wildman–Crippen LogP) is 15.5. The standard InChI is InChI=1S/C56H53N/c1-53(2)29-30-54(3,4)51-34-43(42(33-50(51)53)36-19-11-9-12-20-36)45-32-44-40-24-16-18-26-47(40)56(7,8)49(44)35-52(45)57(37-21-13-10-14-22-37)38-27-28-41-39-23-15-17-25-46(39)55(5,6)48(41)31-38/h9-28,31-35H,29-30H2,1-8H3. The van der Waals surface area contributed by atoms with Crippen LogP contribution in [0.15, 0.2) is 152 Å². The minimum Gasteiger partial charge on any atom is -0.310 e. The lowest BCUT2D eigenvalue weighted by atomic mass is 9.62. The van der Waals surface area contributed by atoms with E-state index < -0.39 is 0 Å². The fourth-order valence-corrected chi connectivity index (χ4v) is 10.7. The van der Waals surface area contributed by atoms with Crippen molar-refractivity contribution in [2.24, 2.45) is 0 Å². The highest BCUT2D eigenvalue weighted by molar-refractivity contribution is 5.99. The predicted molar refractivity (Wildman–Crippen MR) is 242 cm³/mol. The van der Waals surface area contributed by atoms with Gasteiger partial charge in [0.25, 0.3) is 0 Å². The summed E-state index contributed by atoms with van der Waals surface area (Å²) in [6, 6.07) is 57.7. The number of benzene rings is 7. The van der Waals surface area contributed by atoms with Crippen molar-refractivity contribution in [1.82, 2.24) is 0 Å². The molecule has 7 aromatic rings. The SMILES string of the molecule is CC1(C)CCC(C)(C)c2cc(-c3cc4c(cc3N(c3ccccc3)c3ccc5c(c3)C(C)(C)c3ccccc3-5)C(C)(C)c3ccccc3-4)c(-c3ccccc3)cc21. The Morgan fingerprint density at radius 3 is 1.44 bits per heavy atom. The Kier molecular flexibility index (Phi) is 7.79. The summed E-state index contributed by atoms with van der Waals surface area (Å²) in [5.41, 5.74) is 22.4. The molecule has 0 bridgehead atoms. The lowest BCUT2D eigenvalue weighted by Crippen LogP contribution is -2.34. The molecule has 1 nitrogen and oxygen atoms in total. The maximum atomic E-state index is 2.60. The van der Waals surface area contributed by atoms with Crippen LogP contribution in [0.3, 0.4) is 0 Å². The Labute approximate surface area is 340 Å². The number of nitrogens with zero attached hydrogens (tertiary/aromatic N) is 1. The Morgan fingerprint density at radius 1 is 0.333 bits per heavy atom. The summed E-state index contributed by atoms with van der Waals surface area (Å²) in [5, 5.41) is 0. The maximum Gasteiger partial charge on any atom is 0.0543 e. The van der Waals surface area contributed by atoms with Gasteiger partial charge in [0, 0.05) is 27.8 Å². The van der Waals surface area contributed by atoms with Crippen LogP contribution in [-0.4, -0.2) is 0 Å². The number of rotatable bonds is 5. The van der Waals surface area contributed by atoms with Crippen molar-refractivity contribution in [3.05, 3.63) is 185 Å². The molecule has 57 heavy (non-hydrogen) atoms. The summed E-state index contributed by atoms with van der Waals surface area (Å²) in [4.78, 5) is 2.55. The van der Waals surface area contributed by atoms with Crippen molar-refractivity contribution in [2.45, 2.75) is 89.9 Å². The third-order valence-electron chi connectivity index (χ3n) is 14.1. The van der Waals surface area contributed by atoms with Crippen molar-refractivity contribution in [3.63, 3.8) is 0 Å². The van der Waals surface area contributed by atoms with Gasteiger partial charge in [0.15, 0.2) is 0 Å². The second-order valence-electron chi connectivity index (χ2n) is 19.2. The monoisotopic (exact) mass is 739 g/mol. The second-order valence-corrected chi connectivity index (χ2v) is 19.2. The van der Waals surface area contributed by atoms with Gasteiger partial charge in [-0.1, -0.05) is 159 Å². The molecule has 0 amide bonds. The van der Waals surface area contributed by atoms with Crippen LogP contribution >= 0.6 is 0 Å². The van der Waals surface area contributed by atoms with Crippen LogP contribution in [0.4, 0.5) is 17.1 Å². The smallest absolute Gasteiger partial charge is 0.0543 e. The van der Waals surface area contributed by atoms with Gasteiger partial charge in [-0.05, 0) is 145 Å². The highest BCUT2D eigenvalue weighted by Gasteiger charge is 2.41. The van der Waals surface area contributed by atoms with Gasteiger partial charge in [-0.15, -0.1) is 0 Å². The summed E-state index contributed by atoms with van der Waals surface area (Å²) in [5.74, 6) is 0. The number of hydrogen-bond acceptors (Lipinski definition) is 1. The van der Waals surface area contributed by atoms with E-state index in [9.17, 15) is 0 Å². The maximum absolute atomic E-state index is 2.60. The van der Waals surface area contributed by atoms with Crippen molar-refractivity contribution < 1.29 is 0 Å². The fourth-order valence-electron chi connectivity index (χ4n) is 10.7. The van der Waals surface area contributed by atoms with E-state index in [1.54, 1.807) is 0 Å². The molecule has 0 fully saturated rings. The zero-order chi connectivity index (χ0) is 39.5. The first-order valence-electron chi connectivity index (χ1n) is 20.9. The third-order valence-corrected chi connectivity index (χ3v) is 14.1.